The Bertz CT molecular complexity index is 437. The zero-order valence-corrected chi connectivity index (χ0v) is 13.6. The first-order chi connectivity index (χ1) is 9.44. The fourth-order valence-electron chi connectivity index (χ4n) is 2.72. The molecule has 0 aromatic heterocycles. The molecule has 0 N–H and O–H groups in total. The first kappa shape index (κ1) is 16.5. The first-order valence-corrected chi connectivity index (χ1v) is 7.38. The highest BCUT2D eigenvalue weighted by Crippen LogP contribution is 2.34. The molecule has 0 aliphatic carbocycles. The van der Waals surface area contributed by atoms with Crippen LogP contribution in [0.25, 0.3) is 0 Å². The minimum absolute atomic E-state index is 0.0452. The number of benzene rings is 1. The van der Waals surface area contributed by atoms with Crippen molar-refractivity contribution in [3.8, 4) is 5.75 Å². The summed E-state index contributed by atoms with van der Waals surface area (Å²) in [6, 6.07) is 7.91. The Morgan fingerprint density at radius 1 is 1.25 bits per heavy atom. The molecule has 1 aliphatic rings. The fourth-order valence-corrected chi connectivity index (χ4v) is 2.72. The Labute approximate surface area is 122 Å². The molecule has 1 aromatic rings. The molecule has 1 fully saturated rings. The Morgan fingerprint density at radius 3 is 2.20 bits per heavy atom. The molecule has 0 bridgehead atoms. The van der Waals surface area contributed by atoms with Crippen molar-refractivity contribution in [2.45, 2.75) is 53.1 Å². The summed E-state index contributed by atoms with van der Waals surface area (Å²) in [5, 5.41) is 0. The van der Waals surface area contributed by atoms with Gasteiger partial charge in [-0.25, -0.2) is 0 Å². The largest absolute Gasteiger partial charge is 0.497 e. The van der Waals surface area contributed by atoms with Crippen LogP contribution in [0.3, 0.4) is 0 Å². The molecule has 3 nitrogen and oxygen atoms in total. The van der Waals surface area contributed by atoms with Crippen LogP contribution in [0.5, 0.6) is 5.75 Å². The number of carbonyl (C=O) groups excluding carboxylic acids is 1. The van der Waals surface area contributed by atoms with Crippen LogP contribution in [0.15, 0.2) is 24.3 Å². The van der Waals surface area contributed by atoms with Crippen molar-refractivity contribution in [2.75, 3.05) is 7.11 Å². The molecule has 2 rings (SSSR count). The van der Waals surface area contributed by atoms with E-state index in [9.17, 15) is 4.79 Å². The SMILES string of the molecule is CC.COc1ccc(CN2C(=O)C(C)CC2(C)C)cc1. The van der Waals surface area contributed by atoms with Crippen molar-refractivity contribution in [3.05, 3.63) is 29.8 Å². The van der Waals surface area contributed by atoms with Gasteiger partial charge in [-0.3, -0.25) is 4.79 Å². The lowest BCUT2D eigenvalue weighted by Gasteiger charge is -2.31. The third-order valence-electron chi connectivity index (χ3n) is 3.72. The van der Waals surface area contributed by atoms with E-state index in [-0.39, 0.29) is 17.4 Å². The van der Waals surface area contributed by atoms with Crippen molar-refractivity contribution in [1.29, 1.82) is 0 Å². The number of carbonyl (C=O) groups is 1. The van der Waals surface area contributed by atoms with E-state index in [2.05, 4.69) is 13.8 Å². The summed E-state index contributed by atoms with van der Waals surface area (Å²) in [5.74, 6) is 1.24. The molecule has 1 amide bonds. The second-order valence-corrected chi connectivity index (χ2v) is 5.69. The van der Waals surface area contributed by atoms with Gasteiger partial charge in [-0.1, -0.05) is 32.9 Å². The molecule has 3 heteroatoms. The lowest BCUT2D eigenvalue weighted by molar-refractivity contribution is -0.133. The summed E-state index contributed by atoms with van der Waals surface area (Å²) >= 11 is 0. The molecular formula is C17H27NO2. The van der Waals surface area contributed by atoms with Crippen LogP contribution in [0.2, 0.25) is 0 Å². The van der Waals surface area contributed by atoms with Gasteiger partial charge in [0.1, 0.15) is 5.75 Å². The second-order valence-electron chi connectivity index (χ2n) is 5.69. The maximum absolute atomic E-state index is 12.1. The summed E-state index contributed by atoms with van der Waals surface area (Å²) in [6.45, 7) is 11.0. The molecule has 0 saturated carbocycles. The van der Waals surface area contributed by atoms with Crippen LogP contribution in [0, 0.1) is 5.92 Å². The number of nitrogens with zero attached hydrogens (tertiary/aromatic N) is 1. The van der Waals surface area contributed by atoms with Crippen LogP contribution in [0.4, 0.5) is 0 Å². The zero-order valence-electron chi connectivity index (χ0n) is 13.6. The molecule has 0 radical (unpaired) electrons. The van der Waals surface area contributed by atoms with E-state index in [0.29, 0.717) is 6.54 Å². The summed E-state index contributed by atoms with van der Waals surface area (Å²) < 4.78 is 5.14. The van der Waals surface area contributed by atoms with Crippen LogP contribution in [0.1, 0.15) is 46.6 Å². The summed E-state index contributed by atoms with van der Waals surface area (Å²) in [7, 11) is 1.66. The number of likely N-dealkylation sites (tertiary alicyclic amines) is 1. The zero-order chi connectivity index (χ0) is 15.3. The maximum atomic E-state index is 12.1. The van der Waals surface area contributed by atoms with Crippen molar-refractivity contribution >= 4 is 5.91 Å². The van der Waals surface area contributed by atoms with Crippen LogP contribution >= 0.6 is 0 Å². The number of amides is 1. The number of methoxy groups -OCH3 is 1. The number of ether oxygens (including phenoxy) is 1. The molecule has 1 heterocycles. The van der Waals surface area contributed by atoms with Gasteiger partial charge in [0, 0.05) is 18.0 Å². The molecule has 20 heavy (non-hydrogen) atoms. The minimum atomic E-state index is -0.0452. The van der Waals surface area contributed by atoms with E-state index in [1.165, 1.54) is 0 Å². The molecule has 1 unspecified atom stereocenters. The van der Waals surface area contributed by atoms with Crippen molar-refractivity contribution in [2.24, 2.45) is 5.92 Å². The van der Waals surface area contributed by atoms with Gasteiger partial charge < -0.3 is 9.64 Å². The predicted molar refractivity (Wildman–Crippen MR) is 82.8 cm³/mol. The number of hydrogen-bond donors (Lipinski definition) is 0. The predicted octanol–water partition coefficient (Wildman–Crippen LogP) is 3.87. The molecule has 0 spiro atoms. The van der Waals surface area contributed by atoms with Crippen LogP contribution in [-0.2, 0) is 11.3 Å². The first-order valence-electron chi connectivity index (χ1n) is 7.38. The van der Waals surface area contributed by atoms with Gasteiger partial charge in [0.25, 0.3) is 0 Å². The van der Waals surface area contributed by atoms with Gasteiger partial charge in [-0.2, -0.15) is 0 Å². The average Bonchev–Trinajstić information content (AvgIpc) is 2.64. The topological polar surface area (TPSA) is 29.5 Å². The van der Waals surface area contributed by atoms with Crippen LogP contribution < -0.4 is 4.74 Å². The molecule has 112 valence electrons. The van der Waals surface area contributed by atoms with Gasteiger partial charge in [-0.15, -0.1) is 0 Å². The molecule has 1 saturated heterocycles. The molecule has 1 aromatic carbocycles. The van der Waals surface area contributed by atoms with Gasteiger partial charge in [0.2, 0.25) is 5.91 Å². The van der Waals surface area contributed by atoms with Crippen LogP contribution in [-0.4, -0.2) is 23.5 Å². The van der Waals surface area contributed by atoms with E-state index >= 15 is 0 Å². The monoisotopic (exact) mass is 277 g/mol. The maximum Gasteiger partial charge on any atom is 0.226 e. The molecule has 1 aliphatic heterocycles. The fraction of sp³-hybridized carbons (Fsp3) is 0.588. The van der Waals surface area contributed by atoms with E-state index in [0.717, 1.165) is 17.7 Å². The molecular weight excluding hydrogens is 250 g/mol. The number of hydrogen-bond acceptors (Lipinski definition) is 2. The Balaban J connectivity index is 0.000000956. The van der Waals surface area contributed by atoms with Gasteiger partial charge in [0.05, 0.1) is 7.11 Å². The van der Waals surface area contributed by atoms with E-state index in [1.54, 1.807) is 7.11 Å². The summed E-state index contributed by atoms with van der Waals surface area (Å²) in [5.41, 5.74) is 1.10. The highest BCUT2D eigenvalue weighted by molar-refractivity contribution is 5.81. The van der Waals surface area contributed by atoms with E-state index in [4.69, 9.17) is 4.74 Å². The normalized spacial score (nSPS) is 20.4. The highest BCUT2D eigenvalue weighted by atomic mass is 16.5. The molecule has 1 atom stereocenters. The Hall–Kier alpha value is -1.51. The Morgan fingerprint density at radius 2 is 1.80 bits per heavy atom. The van der Waals surface area contributed by atoms with Gasteiger partial charge in [-0.05, 0) is 38.0 Å². The van der Waals surface area contributed by atoms with Crippen molar-refractivity contribution < 1.29 is 9.53 Å². The standard InChI is InChI=1S/C15H21NO2.C2H6/c1-11-9-15(2,3)16(14(11)17)10-12-5-7-13(18-4)8-6-12;1-2/h5-8,11H,9-10H2,1-4H3;1-2H3. The van der Waals surface area contributed by atoms with Crippen molar-refractivity contribution in [1.82, 2.24) is 4.90 Å². The second kappa shape index (κ2) is 6.78. The third kappa shape index (κ3) is 3.53. The van der Waals surface area contributed by atoms with E-state index < -0.39 is 0 Å². The van der Waals surface area contributed by atoms with E-state index in [1.807, 2.05) is 49.9 Å². The van der Waals surface area contributed by atoms with Crippen molar-refractivity contribution in [3.63, 3.8) is 0 Å². The minimum Gasteiger partial charge on any atom is -0.497 e. The lowest BCUT2D eigenvalue weighted by Crippen LogP contribution is -2.40. The van der Waals surface area contributed by atoms with Gasteiger partial charge in [0.15, 0.2) is 0 Å². The quantitative estimate of drug-likeness (QED) is 0.839. The number of rotatable bonds is 3. The smallest absolute Gasteiger partial charge is 0.226 e. The van der Waals surface area contributed by atoms with Gasteiger partial charge >= 0.3 is 0 Å². The highest BCUT2D eigenvalue weighted by Gasteiger charge is 2.42. The summed E-state index contributed by atoms with van der Waals surface area (Å²) in [4.78, 5) is 14.1. The third-order valence-corrected chi connectivity index (χ3v) is 3.72. The summed E-state index contributed by atoms with van der Waals surface area (Å²) in [6.07, 6.45) is 0.933. The Kier molecular flexibility index (Phi) is 5.61. The lowest BCUT2D eigenvalue weighted by atomic mass is 9.97. The average molecular weight is 277 g/mol.